The number of carbonyl (C=O) groups is 3. The van der Waals surface area contributed by atoms with Crippen molar-refractivity contribution in [3.63, 3.8) is 0 Å². The molecule has 0 bridgehead atoms. The fourth-order valence-corrected chi connectivity index (χ4v) is 2.17. The highest BCUT2D eigenvalue weighted by Gasteiger charge is 2.12. The molecule has 2 rings (SSSR count). The zero-order valence-electron chi connectivity index (χ0n) is 14.0. The lowest BCUT2D eigenvalue weighted by atomic mass is 10.1. The number of nitrogens with two attached hydrogens (primary N) is 1. The summed E-state index contributed by atoms with van der Waals surface area (Å²) in [6, 6.07) is 12.6. The summed E-state index contributed by atoms with van der Waals surface area (Å²) in [5.41, 5.74) is 6.67. The van der Waals surface area contributed by atoms with Gasteiger partial charge in [0.2, 0.25) is 0 Å². The van der Waals surface area contributed by atoms with E-state index < -0.39 is 11.8 Å². The summed E-state index contributed by atoms with van der Waals surface area (Å²) in [4.78, 5) is 35.6. The molecule has 0 saturated carbocycles. The third kappa shape index (κ3) is 5.07. The summed E-state index contributed by atoms with van der Waals surface area (Å²) in [5.74, 6) is -1.04. The lowest BCUT2D eigenvalue weighted by molar-refractivity contribution is 0.100. The lowest BCUT2D eigenvalue weighted by Crippen LogP contribution is -2.34. The molecule has 0 aliphatic heterocycles. The van der Waals surface area contributed by atoms with Gasteiger partial charge in [0.1, 0.15) is 0 Å². The predicted octanol–water partition coefficient (Wildman–Crippen LogP) is 2.57. The van der Waals surface area contributed by atoms with E-state index in [0.29, 0.717) is 16.9 Å². The van der Waals surface area contributed by atoms with Crippen LogP contribution in [-0.4, -0.2) is 23.9 Å². The molecule has 0 spiro atoms. The number of hydrogen-bond donors (Lipinski definition) is 4. The molecular formula is C18H20N4O3. The zero-order valence-corrected chi connectivity index (χ0v) is 14.0. The van der Waals surface area contributed by atoms with Gasteiger partial charge in [-0.25, -0.2) is 4.79 Å². The minimum Gasteiger partial charge on any atom is -0.366 e. The number of amides is 4. The van der Waals surface area contributed by atoms with Gasteiger partial charge in [0.25, 0.3) is 11.8 Å². The van der Waals surface area contributed by atoms with Crippen LogP contribution in [0, 0.1) is 0 Å². The number of nitrogens with one attached hydrogen (secondary N) is 3. The lowest BCUT2D eigenvalue weighted by Gasteiger charge is -2.12. The van der Waals surface area contributed by atoms with E-state index in [1.54, 1.807) is 42.5 Å². The molecule has 5 N–H and O–H groups in total. The van der Waals surface area contributed by atoms with Gasteiger partial charge in [-0.15, -0.1) is 0 Å². The van der Waals surface area contributed by atoms with Crippen LogP contribution in [-0.2, 0) is 0 Å². The Kier molecular flexibility index (Phi) is 5.73. The van der Waals surface area contributed by atoms with Crippen LogP contribution in [0.2, 0.25) is 0 Å². The fourth-order valence-electron chi connectivity index (χ4n) is 2.17. The van der Waals surface area contributed by atoms with Crippen LogP contribution in [0.25, 0.3) is 0 Å². The number of para-hydroxylation sites is 1. The van der Waals surface area contributed by atoms with Gasteiger partial charge in [-0.2, -0.15) is 0 Å². The van der Waals surface area contributed by atoms with Crippen LogP contribution >= 0.6 is 0 Å². The van der Waals surface area contributed by atoms with Gasteiger partial charge in [0, 0.05) is 17.3 Å². The molecule has 130 valence electrons. The molecule has 25 heavy (non-hydrogen) atoms. The highest BCUT2D eigenvalue weighted by molar-refractivity contribution is 6.09. The van der Waals surface area contributed by atoms with E-state index in [4.69, 9.17) is 5.73 Å². The smallest absolute Gasteiger partial charge is 0.319 e. The van der Waals surface area contributed by atoms with Crippen molar-refractivity contribution in [3.05, 3.63) is 59.7 Å². The Morgan fingerprint density at radius 1 is 0.960 bits per heavy atom. The van der Waals surface area contributed by atoms with Crippen molar-refractivity contribution in [2.45, 2.75) is 19.9 Å². The Morgan fingerprint density at radius 2 is 1.68 bits per heavy atom. The number of rotatable bonds is 5. The van der Waals surface area contributed by atoms with E-state index in [-0.39, 0.29) is 17.6 Å². The number of anilines is 2. The second kappa shape index (κ2) is 7.96. The zero-order chi connectivity index (χ0) is 18.4. The SMILES string of the molecule is CC(C)NC(=O)Nc1cccc(C(=O)Nc2ccccc2C(N)=O)c1. The van der Waals surface area contributed by atoms with E-state index in [2.05, 4.69) is 16.0 Å². The Labute approximate surface area is 145 Å². The molecule has 0 aromatic heterocycles. The number of primary amides is 1. The van der Waals surface area contributed by atoms with Crippen LogP contribution in [0.5, 0.6) is 0 Å². The standard InChI is InChI=1S/C18H20N4O3/c1-11(2)20-18(25)21-13-7-5-6-12(10-13)17(24)22-15-9-4-3-8-14(15)16(19)23/h3-11H,1-2H3,(H2,19,23)(H,22,24)(H2,20,21,25). The summed E-state index contributed by atoms with van der Waals surface area (Å²) < 4.78 is 0. The van der Waals surface area contributed by atoms with Crippen LogP contribution < -0.4 is 21.7 Å². The number of benzene rings is 2. The Hall–Kier alpha value is -3.35. The van der Waals surface area contributed by atoms with Gasteiger partial charge in [-0.3, -0.25) is 9.59 Å². The second-order valence-corrected chi connectivity index (χ2v) is 5.70. The van der Waals surface area contributed by atoms with Gasteiger partial charge in [0.15, 0.2) is 0 Å². The van der Waals surface area contributed by atoms with Crippen LogP contribution in [0.1, 0.15) is 34.6 Å². The highest BCUT2D eigenvalue weighted by atomic mass is 16.2. The molecule has 4 amide bonds. The summed E-state index contributed by atoms with van der Waals surface area (Å²) in [7, 11) is 0. The average Bonchev–Trinajstić information content (AvgIpc) is 2.54. The van der Waals surface area contributed by atoms with E-state index in [1.165, 1.54) is 6.07 Å². The predicted molar refractivity (Wildman–Crippen MR) is 96.6 cm³/mol. The van der Waals surface area contributed by atoms with Gasteiger partial charge in [0.05, 0.1) is 11.3 Å². The van der Waals surface area contributed by atoms with Crippen molar-refractivity contribution in [3.8, 4) is 0 Å². The number of hydrogen-bond acceptors (Lipinski definition) is 3. The van der Waals surface area contributed by atoms with Crippen molar-refractivity contribution >= 4 is 29.2 Å². The number of carbonyl (C=O) groups excluding carboxylic acids is 3. The third-order valence-electron chi connectivity index (χ3n) is 3.24. The molecule has 0 aliphatic carbocycles. The maximum atomic E-state index is 12.4. The Bertz CT molecular complexity index is 802. The van der Waals surface area contributed by atoms with Crippen molar-refractivity contribution in [2.75, 3.05) is 10.6 Å². The molecule has 0 aliphatic rings. The first-order valence-electron chi connectivity index (χ1n) is 7.74. The molecule has 0 unspecified atom stereocenters. The largest absolute Gasteiger partial charge is 0.366 e. The van der Waals surface area contributed by atoms with Crippen LogP contribution in [0.15, 0.2) is 48.5 Å². The Morgan fingerprint density at radius 3 is 2.36 bits per heavy atom. The molecule has 0 fully saturated rings. The fraction of sp³-hybridized carbons (Fsp3) is 0.167. The van der Waals surface area contributed by atoms with Gasteiger partial charge >= 0.3 is 6.03 Å². The molecule has 0 saturated heterocycles. The molecule has 0 heterocycles. The summed E-state index contributed by atoms with van der Waals surface area (Å²) in [6.45, 7) is 3.69. The molecule has 2 aromatic carbocycles. The maximum absolute atomic E-state index is 12.4. The average molecular weight is 340 g/mol. The van der Waals surface area contributed by atoms with Crippen molar-refractivity contribution in [1.29, 1.82) is 0 Å². The third-order valence-corrected chi connectivity index (χ3v) is 3.24. The van der Waals surface area contributed by atoms with Gasteiger partial charge in [-0.1, -0.05) is 18.2 Å². The molecule has 0 radical (unpaired) electrons. The van der Waals surface area contributed by atoms with Crippen LogP contribution in [0.4, 0.5) is 16.2 Å². The maximum Gasteiger partial charge on any atom is 0.319 e. The summed E-state index contributed by atoms with van der Waals surface area (Å²) >= 11 is 0. The first kappa shape index (κ1) is 18.0. The van der Waals surface area contributed by atoms with Crippen LogP contribution in [0.3, 0.4) is 0 Å². The minimum absolute atomic E-state index is 0.00298. The molecular weight excluding hydrogens is 320 g/mol. The van der Waals surface area contributed by atoms with E-state index in [0.717, 1.165) is 0 Å². The quantitative estimate of drug-likeness (QED) is 0.671. The van der Waals surface area contributed by atoms with Crippen molar-refractivity contribution < 1.29 is 14.4 Å². The highest BCUT2D eigenvalue weighted by Crippen LogP contribution is 2.17. The topological polar surface area (TPSA) is 113 Å². The van der Waals surface area contributed by atoms with E-state index in [1.807, 2.05) is 13.8 Å². The second-order valence-electron chi connectivity index (χ2n) is 5.70. The molecule has 2 aromatic rings. The molecule has 7 nitrogen and oxygen atoms in total. The van der Waals surface area contributed by atoms with Crippen molar-refractivity contribution in [1.82, 2.24) is 5.32 Å². The van der Waals surface area contributed by atoms with Crippen molar-refractivity contribution in [2.24, 2.45) is 5.73 Å². The minimum atomic E-state index is -0.628. The Balaban J connectivity index is 2.14. The van der Waals surface area contributed by atoms with E-state index >= 15 is 0 Å². The molecule has 7 heteroatoms. The normalized spacial score (nSPS) is 10.2. The summed E-state index contributed by atoms with van der Waals surface area (Å²) in [5, 5.41) is 8.01. The first-order valence-corrected chi connectivity index (χ1v) is 7.74. The monoisotopic (exact) mass is 340 g/mol. The van der Waals surface area contributed by atoms with E-state index in [9.17, 15) is 14.4 Å². The number of urea groups is 1. The molecule has 0 atom stereocenters. The first-order chi connectivity index (χ1) is 11.9. The summed E-state index contributed by atoms with van der Waals surface area (Å²) in [6.07, 6.45) is 0. The van der Waals surface area contributed by atoms with Gasteiger partial charge < -0.3 is 21.7 Å². The van der Waals surface area contributed by atoms with Gasteiger partial charge in [-0.05, 0) is 44.2 Å².